The number of hydrogen-bond donors (Lipinski definition) is 1. The minimum Gasteiger partial charge on any atom is -0.497 e. The van der Waals surface area contributed by atoms with Gasteiger partial charge < -0.3 is 14.8 Å². The molecule has 0 radical (unpaired) electrons. The molecule has 0 aliphatic carbocycles. The van der Waals surface area contributed by atoms with Gasteiger partial charge in [-0.3, -0.25) is 9.10 Å². The summed E-state index contributed by atoms with van der Waals surface area (Å²) in [6.45, 7) is 1.96. The van der Waals surface area contributed by atoms with E-state index in [0.29, 0.717) is 23.7 Å². The number of nitrogens with zero attached hydrogens (tertiary/aromatic N) is 1. The van der Waals surface area contributed by atoms with Crippen molar-refractivity contribution in [2.75, 3.05) is 30.1 Å². The van der Waals surface area contributed by atoms with Crippen LogP contribution in [0.25, 0.3) is 0 Å². The third-order valence-electron chi connectivity index (χ3n) is 3.92. The molecule has 0 spiro atoms. The van der Waals surface area contributed by atoms with Crippen LogP contribution in [-0.4, -0.2) is 40.8 Å². The molecule has 0 saturated heterocycles. The van der Waals surface area contributed by atoms with Gasteiger partial charge in [0, 0.05) is 12.8 Å². The quantitative estimate of drug-likeness (QED) is 0.746. The molecule has 0 aliphatic rings. The second-order valence-corrected chi connectivity index (χ2v) is 7.91. The highest BCUT2D eigenvalue weighted by Gasteiger charge is 2.29. The molecule has 2 rings (SSSR count). The van der Waals surface area contributed by atoms with E-state index in [-0.39, 0.29) is 0 Å². The van der Waals surface area contributed by atoms with Crippen LogP contribution in [0.2, 0.25) is 0 Å². The molecular formula is C19H24N2O5S. The Hall–Kier alpha value is -2.58. The number of hydrogen-bond acceptors (Lipinski definition) is 5. The summed E-state index contributed by atoms with van der Waals surface area (Å²) in [5.41, 5.74) is 1.86. The summed E-state index contributed by atoms with van der Waals surface area (Å²) < 4.78 is 35.9. The number of ether oxygens (including phenoxy) is 2. The zero-order chi connectivity index (χ0) is 20.0. The molecule has 1 amide bonds. The number of carbonyl (C=O) groups is 1. The van der Waals surface area contributed by atoms with Crippen LogP contribution < -0.4 is 14.4 Å². The van der Waals surface area contributed by atoms with Gasteiger partial charge in [-0.2, -0.15) is 0 Å². The number of rotatable bonds is 8. The average Bonchev–Trinajstić information content (AvgIpc) is 2.62. The summed E-state index contributed by atoms with van der Waals surface area (Å²) >= 11 is 0. The number of benzene rings is 2. The first-order valence-corrected chi connectivity index (χ1v) is 10.1. The zero-order valence-electron chi connectivity index (χ0n) is 15.8. The first kappa shape index (κ1) is 20.7. The first-order chi connectivity index (χ1) is 12.8. The Morgan fingerprint density at radius 2 is 1.81 bits per heavy atom. The molecule has 1 atom stereocenters. The van der Waals surface area contributed by atoms with Crippen molar-refractivity contribution in [1.29, 1.82) is 0 Å². The topological polar surface area (TPSA) is 84.9 Å². The highest BCUT2D eigenvalue weighted by Crippen LogP contribution is 2.24. The highest BCUT2D eigenvalue weighted by molar-refractivity contribution is 7.92. The number of amides is 1. The van der Waals surface area contributed by atoms with Crippen molar-refractivity contribution in [3.63, 3.8) is 0 Å². The Kier molecular flexibility index (Phi) is 6.81. The normalized spacial score (nSPS) is 12.3. The fourth-order valence-electron chi connectivity index (χ4n) is 2.69. The van der Waals surface area contributed by atoms with E-state index in [1.165, 1.54) is 7.11 Å². The average molecular weight is 392 g/mol. The van der Waals surface area contributed by atoms with E-state index in [1.54, 1.807) is 56.5 Å². The third kappa shape index (κ3) is 5.45. The molecule has 0 bridgehead atoms. The molecule has 0 heterocycles. The van der Waals surface area contributed by atoms with Gasteiger partial charge in [-0.1, -0.05) is 12.1 Å². The maximum Gasteiger partial charge on any atom is 0.247 e. The zero-order valence-corrected chi connectivity index (χ0v) is 16.6. The minimum atomic E-state index is -3.68. The molecule has 2 aromatic rings. The van der Waals surface area contributed by atoms with Gasteiger partial charge in [0.15, 0.2) is 0 Å². The van der Waals surface area contributed by atoms with Gasteiger partial charge in [-0.05, 0) is 48.9 Å². The number of anilines is 2. The Morgan fingerprint density at radius 3 is 2.37 bits per heavy atom. The van der Waals surface area contributed by atoms with Crippen LogP contribution in [0, 0.1) is 0 Å². The number of carbonyl (C=O) groups excluding carboxylic acids is 1. The van der Waals surface area contributed by atoms with Gasteiger partial charge in [0.2, 0.25) is 15.9 Å². The van der Waals surface area contributed by atoms with Crippen molar-refractivity contribution in [3.8, 4) is 5.75 Å². The van der Waals surface area contributed by atoms with E-state index in [9.17, 15) is 13.2 Å². The van der Waals surface area contributed by atoms with E-state index in [1.807, 2.05) is 6.07 Å². The molecule has 8 heteroatoms. The summed E-state index contributed by atoms with van der Waals surface area (Å²) in [7, 11) is -0.565. The van der Waals surface area contributed by atoms with Crippen molar-refractivity contribution in [2.24, 2.45) is 0 Å². The standard InChI is InChI=1S/C19H24N2O5S/c1-14(19(22)20-16-7-5-6-15(12-16)13-25-2)21(27(4,23)24)17-8-10-18(26-3)11-9-17/h5-12,14H,13H2,1-4H3,(H,20,22)/t14-/m0/s1. The van der Waals surface area contributed by atoms with Crippen LogP contribution >= 0.6 is 0 Å². The van der Waals surface area contributed by atoms with E-state index in [2.05, 4.69) is 5.32 Å². The van der Waals surface area contributed by atoms with Gasteiger partial charge >= 0.3 is 0 Å². The summed E-state index contributed by atoms with van der Waals surface area (Å²) in [5.74, 6) is 0.157. The van der Waals surface area contributed by atoms with Gasteiger partial charge in [-0.15, -0.1) is 0 Å². The molecule has 0 unspecified atom stereocenters. The van der Waals surface area contributed by atoms with E-state index >= 15 is 0 Å². The number of nitrogens with one attached hydrogen (secondary N) is 1. The third-order valence-corrected chi connectivity index (χ3v) is 5.16. The van der Waals surface area contributed by atoms with E-state index in [4.69, 9.17) is 9.47 Å². The van der Waals surface area contributed by atoms with Crippen molar-refractivity contribution in [3.05, 3.63) is 54.1 Å². The largest absolute Gasteiger partial charge is 0.497 e. The second kappa shape index (κ2) is 8.88. The molecule has 0 saturated carbocycles. The van der Waals surface area contributed by atoms with Crippen LogP contribution in [0.5, 0.6) is 5.75 Å². The van der Waals surface area contributed by atoms with Crippen molar-refractivity contribution in [2.45, 2.75) is 19.6 Å². The lowest BCUT2D eigenvalue weighted by molar-refractivity contribution is -0.116. The van der Waals surface area contributed by atoms with Gasteiger partial charge in [0.25, 0.3) is 0 Å². The van der Waals surface area contributed by atoms with Gasteiger partial charge in [-0.25, -0.2) is 8.42 Å². The molecule has 0 fully saturated rings. The summed E-state index contributed by atoms with van der Waals surface area (Å²) in [6.07, 6.45) is 1.07. The molecule has 146 valence electrons. The van der Waals surface area contributed by atoms with Crippen molar-refractivity contribution in [1.82, 2.24) is 0 Å². The predicted molar refractivity (Wildman–Crippen MR) is 106 cm³/mol. The second-order valence-electron chi connectivity index (χ2n) is 6.06. The van der Waals surface area contributed by atoms with Gasteiger partial charge in [0.1, 0.15) is 11.8 Å². The smallest absolute Gasteiger partial charge is 0.247 e. The number of sulfonamides is 1. The molecule has 7 nitrogen and oxygen atoms in total. The van der Waals surface area contributed by atoms with Crippen LogP contribution in [0.4, 0.5) is 11.4 Å². The predicted octanol–water partition coefficient (Wildman–Crippen LogP) is 2.63. The van der Waals surface area contributed by atoms with Crippen LogP contribution in [0.15, 0.2) is 48.5 Å². The van der Waals surface area contributed by atoms with Crippen LogP contribution in [-0.2, 0) is 26.2 Å². The molecule has 2 aromatic carbocycles. The molecule has 0 aromatic heterocycles. The van der Waals surface area contributed by atoms with E-state index in [0.717, 1.165) is 16.1 Å². The maximum absolute atomic E-state index is 12.7. The summed E-state index contributed by atoms with van der Waals surface area (Å²) in [4.78, 5) is 12.7. The maximum atomic E-state index is 12.7. The molecule has 27 heavy (non-hydrogen) atoms. The lowest BCUT2D eigenvalue weighted by atomic mass is 10.2. The van der Waals surface area contributed by atoms with Crippen molar-refractivity contribution >= 4 is 27.3 Å². The minimum absolute atomic E-state index is 0.383. The highest BCUT2D eigenvalue weighted by atomic mass is 32.2. The van der Waals surface area contributed by atoms with E-state index < -0.39 is 22.0 Å². The summed E-state index contributed by atoms with van der Waals surface area (Å²) in [5, 5.41) is 2.76. The molecule has 0 aliphatic heterocycles. The SMILES string of the molecule is COCc1cccc(NC(=O)[C@H](C)N(c2ccc(OC)cc2)S(C)(=O)=O)c1. The first-order valence-electron chi connectivity index (χ1n) is 8.28. The summed E-state index contributed by atoms with van der Waals surface area (Å²) in [6, 6.07) is 12.7. The van der Waals surface area contributed by atoms with Gasteiger partial charge in [0.05, 0.1) is 25.7 Å². The molecular weight excluding hydrogens is 368 g/mol. The Labute approximate surface area is 160 Å². The Morgan fingerprint density at radius 1 is 1.15 bits per heavy atom. The van der Waals surface area contributed by atoms with Crippen LogP contribution in [0.3, 0.4) is 0 Å². The monoisotopic (exact) mass is 392 g/mol. The van der Waals surface area contributed by atoms with Crippen molar-refractivity contribution < 1.29 is 22.7 Å². The Bertz CT molecular complexity index is 881. The fourth-order valence-corrected chi connectivity index (χ4v) is 3.87. The van der Waals surface area contributed by atoms with Crippen LogP contribution in [0.1, 0.15) is 12.5 Å². The fraction of sp³-hybridized carbons (Fsp3) is 0.316. The Balaban J connectivity index is 2.25. The lowest BCUT2D eigenvalue weighted by Crippen LogP contribution is -2.45. The lowest BCUT2D eigenvalue weighted by Gasteiger charge is -2.28. The number of methoxy groups -OCH3 is 2. The molecule has 1 N–H and O–H groups in total.